The molecule has 1 aliphatic rings. The van der Waals surface area contributed by atoms with Crippen molar-refractivity contribution >= 4 is 15.8 Å². The number of aryl methyl sites for hydroxylation is 1. The standard InChI is InChI=1S/C9H16N4O3S/c1-7-5-13(3-4-16-7)17(14,15)9-8(10)11-6-12(9)2/h6-7H,3-5,10H2,1-2H3. The molecule has 0 bridgehead atoms. The van der Waals surface area contributed by atoms with E-state index in [0.717, 1.165) is 0 Å². The molecule has 1 unspecified atom stereocenters. The summed E-state index contributed by atoms with van der Waals surface area (Å²) in [4.78, 5) is 3.80. The first-order chi connectivity index (χ1) is 7.93. The van der Waals surface area contributed by atoms with Crippen LogP contribution < -0.4 is 5.73 Å². The summed E-state index contributed by atoms with van der Waals surface area (Å²) in [6, 6.07) is 0. The van der Waals surface area contributed by atoms with Crippen molar-refractivity contribution in [3.63, 3.8) is 0 Å². The molecule has 17 heavy (non-hydrogen) atoms. The summed E-state index contributed by atoms with van der Waals surface area (Å²) in [5.74, 6) is 0.0339. The van der Waals surface area contributed by atoms with Gasteiger partial charge in [-0.25, -0.2) is 13.4 Å². The lowest BCUT2D eigenvalue weighted by Crippen LogP contribution is -2.45. The van der Waals surface area contributed by atoms with Crippen LogP contribution in [0.3, 0.4) is 0 Å². The predicted octanol–water partition coefficient (Wildman–Crippen LogP) is -0.588. The predicted molar refractivity (Wildman–Crippen MR) is 61.8 cm³/mol. The number of ether oxygens (including phenoxy) is 1. The number of sulfonamides is 1. The number of hydrogen-bond acceptors (Lipinski definition) is 5. The molecular formula is C9H16N4O3S. The molecule has 96 valence electrons. The minimum absolute atomic E-state index is 0.0339. The highest BCUT2D eigenvalue weighted by molar-refractivity contribution is 7.89. The normalized spacial score (nSPS) is 22.8. The van der Waals surface area contributed by atoms with E-state index in [4.69, 9.17) is 10.5 Å². The fraction of sp³-hybridized carbons (Fsp3) is 0.667. The van der Waals surface area contributed by atoms with E-state index in [-0.39, 0.29) is 16.9 Å². The minimum Gasteiger partial charge on any atom is -0.381 e. The van der Waals surface area contributed by atoms with Gasteiger partial charge in [0, 0.05) is 20.1 Å². The Bertz CT molecular complexity index is 491. The van der Waals surface area contributed by atoms with Gasteiger partial charge < -0.3 is 15.0 Å². The van der Waals surface area contributed by atoms with Gasteiger partial charge in [0.25, 0.3) is 10.0 Å². The van der Waals surface area contributed by atoms with Crippen molar-refractivity contribution in [1.82, 2.24) is 13.9 Å². The fourth-order valence-corrected chi connectivity index (χ4v) is 3.57. The molecule has 0 spiro atoms. The maximum atomic E-state index is 12.4. The molecule has 1 aliphatic heterocycles. The van der Waals surface area contributed by atoms with Gasteiger partial charge >= 0.3 is 0 Å². The van der Waals surface area contributed by atoms with Crippen molar-refractivity contribution in [1.29, 1.82) is 0 Å². The largest absolute Gasteiger partial charge is 0.381 e. The van der Waals surface area contributed by atoms with Crippen molar-refractivity contribution in [2.24, 2.45) is 7.05 Å². The van der Waals surface area contributed by atoms with Crippen LogP contribution >= 0.6 is 0 Å². The van der Waals surface area contributed by atoms with Gasteiger partial charge in [0.05, 0.1) is 19.0 Å². The summed E-state index contributed by atoms with van der Waals surface area (Å²) in [6.07, 6.45) is 1.29. The molecule has 2 rings (SSSR count). The quantitative estimate of drug-likeness (QED) is 0.767. The molecule has 1 fully saturated rings. The second kappa shape index (κ2) is 4.28. The third-order valence-electron chi connectivity index (χ3n) is 2.70. The molecule has 1 atom stereocenters. The Labute approximate surface area is 100 Å². The van der Waals surface area contributed by atoms with E-state index >= 15 is 0 Å². The van der Waals surface area contributed by atoms with Gasteiger partial charge in [-0.1, -0.05) is 0 Å². The van der Waals surface area contributed by atoms with Crippen LogP contribution in [0.2, 0.25) is 0 Å². The van der Waals surface area contributed by atoms with Crippen molar-refractivity contribution in [3.8, 4) is 0 Å². The van der Waals surface area contributed by atoms with Crippen LogP contribution in [0.1, 0.15) is 6.92 Å². The zero-order valence-electron chi connectivity index (χ0n) is 9.83. The Morgan fingerprint density at radius 3 is 2.82 bits per heavy atom. The van der Waals surface area contributed by atoms with Gasteiger partial charge in [-0.05, 0) is 6.92 Å². The van der Waals surface area contributed by atoms with E-state index in [2.05, 4.69) is 4.98 Å². The van der Waals surface area contributed by atoms with Crippen LogP contribution in [0.5, 0.6) is 0 Å². The number of nitrogen functional groups attached to an aromatic ring is 1. The molecule has 0 amide bonds. The van der Waals surface area contributed by atoms with Crippen LogP contribution in [0.4, 0.5) is 5.82 Å². The summed E-state index contributed by atoms with van der Waals surface area (Å²) >= 11 is 0. The van der Waals surface area contributed by atoms with Crippen molar-refractivity contribution < 1.29 is 13.2 Å². The van der Waals surface area contributed by atoms with E-state index in [1.807, 2.05) is 6.92 Å². The van der Waals surface area contributed by atoms with Gasteiger partial charge in [-0.2, -0.15) is 4.31 Å². The second-order valence-corrected chi connectivity index (χ2v) is 5.94. The summed E-state index contributed by atoms with van der Waals surface area (Å²) in [6.45, 7) is 2.93. The Morgan fingerprint density at radius 2 is 2.29 bits per heavy atom. The number of nitrogens with two attached hydrogens (primary N) is 1. The van der Waals surface area contributed by atoms with E-state index in [1.165, 1.54) is 15.2 Å². The summed E-state index contributed by atoms with van der Waals surface area (Å²) in [5.41, 5.74) is 5.60. The van der Waals surface area contributed by atoms with Crippen LogP contribution in [0.25, 0.3) is 0 Å². The summed E-state index contributed by atoms with van der Waals surface area (Å²) in [7, 11) is -1.97. The van der Waals surface area contributed by atoms with E-state index in [0.29, 0.717) is 19.7 Å². The fourth-order valence-electron chi connectivity index (χ4n) is 1.88. The Kier molecular flexibility index (Phi) is 3.11. The van der Waals surface area contributed by atoms with Gasteiger partial charge in [-0.15, -0.1) is 0 Å². The Morgan fingerprint density at radius 1 is 1.59 bits per heavy atom. The first-order valence-corrected chi connectivity index (χ1v) is 6.75. The molecule has 8 heteroatoms. The maximum absolute atomic E-state index is 12.4. The number of hydrogen-bond donors (Lipinski definition) is 1. The Balaban J connectivity index is 2.36. The van der Waals surface area contributed by atoms with Gasteiger partial charge in [0.2, 0.25) is 0 Å². The second-order valence-electron chi connectivity index (χ2n) is 4.09. The van der Waals surface area contributed by atoms with E-state index in [9.17, 15) is 8.42 Å². The van der Waals surface area contributed by atoms with Gasteiger partial charge in [0.15, 0.2) is 10.8 Å². The highest BCUT2D eigenvalue weighted by atomic mass is 32.2. The molecular weight excluding hydrogens is 244 g/mol. The van der Waals surface area contributed by atoms with Crippen molar-refractivity contribution in [2.75, 3.05) is 25.4 Å². The molecule has 7 nitrogen and oxygen atoms in total. The molecule has 0 aromatic carbocycles. The topological polar surface area (TPSA) is 90.5 Å². The SMILES string of the molecule is CC1CN(S(=O)(=O)c2c(N)ncn2C)CCO1. The lowest BCUT2D eigenvalue weighted by atomic mass is 10.3. The summed E-state index contributed by atoms with van der Waals surface area (Å²) < 4.78 is 32.9. The van der Waals surface area contributed by atoms with Crippen molar-refractivity contribution in [3.05, 3.63) is 6.33 Å². The molecule has 0 saturated carbocycles. The molecule has 2 N–H and O–H groups in total. The third kappa shape index (κ3) is 2.15. The number of aromatic nitrogens is 2. The molecule has 1 saturated heterocycles. The highest BCUT2D eigenvalue weighted by Gasteiger charge is 2.32. The molecule has 0 radical (unpaired) electrons. The van der Waals surface area contributed by atoms with Crippen LogP contribution in [-0.4, -0.2) is 48.1 Å². The lowest BCUT2D eigenvalue weighted by molar-refractivity contribution is 0.0101. The first kappa shape index (κ1) is 12.3. The van der Waals surface area contributed by atoms with E-state index in [1.54, 1.807) is 7.05 Å². The van der Waals surface area contributed by atoms with Gasteiger partial charge in [0.1, 0.15) is 0 Å². The molecule has 1 aromatic rings. The van der Waals surface area contributed by atoms with Crippen molar-refractivity contribution in [2.45, 2.75) is 18.1 Å². The van der Waals surface area contributed by atoms with Gasteiger partial charge in [-0.3, -0.25) is 0 Å². The zero-order valence-corrected chi connectivity index (χ0v) is 10.6. The summed E-state index contributed by atoms with van der Waals surface area (Å²) in [5, 5.41) is 0.0478. The number of anilines is 1. The number of rotatable bonds is 2. The highest BCUT2D eigenvalue weighted by Crippen LogP contribution is 2.22. The van der Waals surface area contributed by atoms with E-state index < -0.39 is 10.0 Å². The van der Waals surface area contributed by atoms with Crippen LogP contribution in [-0.2, 0) is 21.8 Å². The maximum Gasteiger partial charge on any atom is 0.262 e. The molecule has 2 heterocycles. The zero-order chi connectivity index (χ0) is 12.6. The molecule has 1 aromatic heterocycles. The van der Waals surface area contributed by atoms with Crippen LogP contribution in [0, 0.1) is 0 Å². The number of morpholine rings is 1. The lowest BCUT2D eigenvalue weighted by Gasteiger charge is -2.30. The number of nitrogens with zero attached hydrogens (tertiary/aromatic N) is 3. The third-order valence-corrected chi connectivity index (χ3v) is 4.69. The number of imidazole rings is 1. The Hall–Kier alpha value is -1.12. The average Bonchev–Trinajstić information content (AvgIpc) is 2.59. The average molecular weight is 260 g/mol. The smallest absolute Gasteiger partial charge is 0.262 e. The van der Waals surface area contributed by atoms with Crippen LogP contribution in [0.15, 0.2) is 11.4 Å². The first-order valence-electron chi connectivity index (χ1n) is 5.31. The molecule has 0 aliphatic carbocycles. The minimum atomic E-state index is -3.58. The monoisotopic (exact) mass is 260 g/mol.